The number of nitrogens with one attached hydrogen (secondary N) is 1. The first-order chi connectivity index (χ1) is 11.6. The van der Waals surface area contributed by atoms with Crippen molar-refractivity contribution in [3.8, 4) is 5.75 Å². The molecular formula is C19H27N3O2. The van der Waals surface area contributed by atoms with Crippen molar-refractivity contribution in [2.75, 3.05) is 38.7 Å². The topological polar surface area (TPSA) is 46.6 Å². The SMILES string of the molecule is COc1cccc2c(NC(C)C(C)N3CCOCC3)c(C)cnc12. The third kappa shape index (κ3) is 3.32. The van der Waals surface area contributed by atoms with Gasteiger partial charge in [0, 0.05) is 42.4 Å². The lowest BCUT2D eigenvalue weighted by molar-refractivity contribution is 0.0176. The molecule has 24 heavy (non-hydrogen) atoms. The normalized spacial score (nSPS) is 18.3. The van der Waals surface area contributed by atoms with Crippen molar-refractivity contribution < 1.29 is 9.47 Å². The van der Waals surface area contributed by atoms with E-state index in [4.69, 9.17) is 9.47 Å². The van der Waals surface area contributed by atoms with Gasteiger partial charge in [-0.2, -0.15) is 0 Å². The van der Waals surface area contributed by atoms with Crippen LogP contribution in [-0.4, -0.2) is 55.4 Å². The van der Waals surface area contributed by atoms with E-state index < -0.39 is 0 Å². The van der Waals surface area contributed by atoms with Crippen molar-refractivity contribution in [2.45, 2.75) is 32.9 Å². The van der Waals surface area contributed by atoms with E-state index in [1.165, 1.54) is 0 Å². The van der Waals surface area contributed by atoms with Crippen LogP contribution in [-0.2, 0) is 4.74 Å². The second-order valence-electron chi connectivity index (χ2n) is 6.49. The number of fused-ring (bicyclic) bond motifs is 1. The maximum atomic E-state index is 5.47. The minimum atomic E-state index is 0.318. The van der Waals surface area contributed by atoms with Gasteiger partial charge in [0.25, 0.3) is 0 Å². The number of ether oxygens (including phenoxy) is 2. The fourth-order valence-corrected chi connectivity index (χ4v) is 3.30. The predicted octanol–water partition coefficient (Wildman–Crippen LogP) is 3.07. The van der Waals surface area contributed by atoms with E-state index in [1.54, 1.807) is 7.11 Å². The van der Waals surface area contributed by atoms with Gasteiger partial charge in [0.05, 0.1) is 20.3 Å². The summed E-state index contributed by atoms with van der Waals surface area (Å²) in [5.74, 6) is 0.810. The number of para-hydroxylation sites is 1. The molecule has 2 atom stereocenters. The zero-order valence-electron chi connectivity index (χ0n) is 15.0. The summed E-state index contributed by atoms with van der Waals surface area (Å²) in [5.41, 5.74) is 3.20. The van der Waals surface area contributed by atoms with Gasteiger partial charge in [0.15, 0.2) is 0 Å². The highest BCUT2D eigenvalue weighted by molar-refractivity contribution is 5.96. The molecule has 2 unspecified atom stereocenters. The van der Waals surface area contributed by atoms with Gasteiger partial charge in [-0.05, 0) is 32.4 Å². The number of hydrogen-bond acceptors (Lipinski definition) is 5. The van der Waals surface area contributed by atoms with E-state index in [1.807, 2.05) is 18.3 Å². The summed E-state index contributed by atoms with van der Waals surface area (Å²) >= 11 is 0. The van der Waals surface area contributed by atoms with Gasteiger partial charge < -0.3 is 14.8 Å². The summed E-state index contributed by atoms with van der Waals surface area (Å²) in [5, 5.41) is 4.83. The molecule has 1 aliphatic rings. The number of aromatic nitrogens is 1. The number of methoxy groups -OCH3 is 1. The molecule has 1 aromatic heterocycles. The molecule has 1 aromatic carbocycles. The Balaban J connectivity index is 1.87. The molecule has 0 saturated carbocycles. The number of morpholine rings is 1. The van der Waals surface area contributed by atoms with Crippen LogP contribution < -0.4 is 10.1 Å². The Bertz CT molecular complexity index is 698. The van der Waals surface area contributed by atoms with Crippen LogP contribution >= 0.6 is 0 Å². The molecule has 0 radical (unpaired) electrons. The summed E-state index contributed by atoms with van der Waals surface area (Å²) in [6.45, 7) is 10.3. The van der Waals surface area contributed by atoms with Crippen LogP contribution in [0, 0.1) is 6.92 Å². The molecule has 5 heteroatoms. The Labute approximate surface area is 144 Å². The zero-order valence-corrected chi connectivity index (χ0v) is 15.0. The lowest BCUT2D eigenvalue weighted by atomic mass is 10.1. The van der Waals surface area contributed by atoms with Crippen LogP contribution in [0.15, 0.2) is 24.4 Å². The molecule has 0 amide bonds. The summed E-state index contributed by atoms with van der Waals surface area (Å²) in [6, 6.07) is 6.82. The van der Waals surface area contributed by atoms with E-state index in [-0.39, 0.29) is 0 Å². The Kier molecular flexibility index (Phi) is 5.21. The van der Waals surface area contributed by atoms with Crippen LogP contribution in [0.5, 0.6) is 5.75 Å². The number of anilines is 1. The average Bonchev–Trinajstić information content (AvgIpc) is 2.63. The molecule has 1 saturated heterocycles. The first kappa shape index (κ1) is 17.0. The lowest BCUT2D eigenvalue weighted by Crippen LogP contribution is -2.48. The number of pyridine rings is 1. The lowest BCUT2D eigenvalue weighted by Gasteiger charge is -2.36. The van der Waals surface area contributed by atoms with Crippen molar-refractivity contribution in [3.63, 3.8) is 0 Å². The van der Waals surface area contributed by atoms with Crippen LogP contribution in [0.2, 0.25) is 0 Å². The number of rotatable bonds is 5. The molecule has 1 N–H and O–H groups in total. The predicted molar refractivity (Wildman–Crippen MR) is 98.0 cm³/mol. The van der Waals surface area contributed by atoms with Crippen molar-refractivity contribution >= 4 is 16.6 Å². The fourth-order valence-electron chi connectivity index (χ4n) is 3.30. The van der Waals surface area contributed by atoms with Gasteiger partial charge in [-0.15, -0.1) is 0 Å². The third-order valence-corrected chi connectivity index (χ3v) is 4.99. The molecule has 0 bridgehead atoms. The smallest absolute Gasteiger partial charge is 0.145 e. The standard InChI is InChI=1S/C19H27N3O2/c1-13-12-20-19-16(6-5-7-17(19)23-4)18(13)21-14(2)15(3)22-8-10-24-11-9-22/h5-7,12,14-15H,8-11H2,1-4H3,(H,20,21). The zero-order chi connectivity index (χ0) is 17.1. The number of benzene rings is 1. The Morgan fingerprint density at radius 3 is 2.71 bits per heavy atom. The summed E-state index contributed by atoms with van der Waals surface area (Å²) in [4.78, 5) is 7.05. The van der Waals surface area contributed by atoms with Gasteiger partial charge in [-0.3, -0.25) is 9.88 Å². The van der Waals surface area contributed by atoms with Gasteiger partial charge >= 0.3 is 0 Å². The number of hydrogen-bond donors (Lipinski definition) is 1. The maximum Gasteiger partial charge on any atom is 0.145 e. The van der Waals surface area contributed by atoms with E-state index in [2.05, 4.69) is 42.0 Å². The average molecular weight is 329 g/mol. The van der Waals surface area contributed by atoms with Crippen molar-refractivity contribution in [2.24, 2.45) is 0 Å². The third-order valence-electron chi connectivity index (χ3n) is 4.99. The molecule has 0 aliphatic carbocycles. The molecule has 1 fully saturated rings. The summed E-state index contributed by atoms with van der Waals surface area (Å²) < 4.78 is 10.9. The molecule has 2 heterocycles. The van der Waals surface area contributed by atoms with Crippen LogP contribution in [0.4, 0.5) is 5.69 Å². The van der Waals surface area contributed by atoms with E-state index in [0.717, 1.165) is 54.2 Å². The van der Waals surface area contributed by atoms with Gasteiger partial charge in [0.2, 0.25) is 0 Å². The molecule has 130 valence electrons. The second kappa shape index (κ2) is 7.36. The molecule has 5 nitrogen and oxygen atoms in total. The highest BCUT2D eigenvalue weighted by Crippen LogP contribution is 2.32. The van der Waals surface area contributed by atoms with Crippen molar-refractivity contribution in [1.82, 2.24) is 9.88 Å². The van der Waals surface area contributed by atoms with Gasteiger partial charge in [0.1, 0.15) is 11.3 Å². The molecule has 1 aliphatic heterocycles. The van der Waals surface area contributed by atoms with Gasteiger partial charge in [-0.25, -0.2) is 0 Å². The number of aryl methyl sites for hydroxylation is 1. The molecular weight excluding hydrogens is 302 g/mol. The first-order valence-corrected chi connectivity index (χ1v) is 8.62. The Hall–Kier alpha value is -1.85. The quantitative estimate of drug-likeness (QED) is 0.913. The Morgan fingerprint density at radius 1 is 1.25 bits per heavy atom. The van der Waals surface area contributed by atoms with Crippen LogP contribution in [0.25, 0.3) is 10.9 Å². The van der Waals surface area contributed by atoms with Crippen LogP contribution in [0.1, 0.15) is 19.4 Å². The minimum Gasteiger partial charge on any atom is -0.494 e. The minimum absolute atomic E-state index is 0.318. The molecule has 2 aromatic rings. The molecule has 3 rings (SSSR count). The maximum absolute atomic E-state index is 5.47. The fraction of sp³-hybridized carbons (Fsp3) is 0.526. The van der Waals surface area contributed by atoms with Crippen LogP contribution in [0.3, 0.4) is 0 Å². The summed E-state index contributed by atoms with van der Waals surface area (Å²) in [6.07, 6.45) is 1.92. The highest BCUT2D eigenvalue weighted by atomic mass is 16.5. The highest BCUT2D eigenvalue weighted by Gasteiger charge is 2.23. The second-order valence-corrected chi connectivity index (χ2v) is 6.49. The molecule has 0 spiro atoms. The largest absolute Gasteiger partial charge is 0.494 e. The van der Waals surface area contributed by atoms with E-state index >= 15 is 0 Å². The van der Waals surface area contributed by atoms with Gasteiger partial charge in [-0.1, -0.05) is 12.1 Å². The van der Waals surface area contributed by atoms with Crippen molar-refractivity contribution in [1.29, 1.82) is 0 Å². The monoisotopic (exact) mass is 329 g/mol. The first-order valence-electron chi connectivity index (χ1n) is 8.62. The summed E-state index contributed by atoms with van der Waals surface area (Å²) in [7, 11) is 1.69. The number of nitrogens with zero attached hydrogens (tertiary/aromatic N) is 2. The van der Waals surface area contributed by atoms with Crippen molar-refractivity contribution in [3.05, 3.63) is 30.0 Å². The van der Waals surface area contributed by atoms with E-state index in [0.29, 0.717) is 12.1 Å². The Morgan fingerprint density at radius 2 is 2.00 bits per heavy atom. The van der Waals surface area contributed by atoms with E-state index in [9.17, 15) is 0 Å².